The zero-order chi connectivity index (χ0) is 29.0. The van der Waals surface area contributed by atoms with Crippen LogP contribution in [0.4, 0.5) is 27.8 Å². The summed E-state index contributed by atoms with van der Waals surface area (Å²) in [5.41, 5.74) is 2.32. The first-order chi connectivity index (χ1) is 18.8. The molecular formula is C24H23F5N6O5. The van der Waals surface area contributed by atoms with Crippen LogP contribution in [0.2, 0.25) is 0 Å². The lowest BCUT2D eigenvalue weighted by Gasteiger charge is -2.27. The third-order valence-corrected chi connectivity index (χ3v) is 6.90. The highest BCUT2D eigenvalue weighted by molar-refractivity contribution is 6.04. The van der Waals surface area contributed by atoms with Gasteiger partial charge in [-0.25, -0.2) is 14.4 Å². The highest BCUT2D eigenvalue weighted by Gasteiger charge is 2.61. The van der Waals surface area contributed by atoms with Crippen molar-refractivity contribution >= 4 is 28.7 Å². The fraction of sp³-hybridized carbons (Fsp3) is 0.417. The van der Waals surface area contributed by atoms with Gasteiger partial charge in [0.2, 0.25) is 5.82 Å². The Kier molecular flexibility index (Phi) is 6.87. The number of ether oxygens (including phenoxy) is 3. The molecule has 40 heavy (non-hydrogen) atoms. The number of nitrogens with two attached hydrogens (primary N) is 1. The van der Waals surface area contributed by atoms with Crippen LogP contribution in [0.25, 0.3) is 11.0 Å². The van der Waals surface area contributed by atoms with Crippen LogP contribution in [-0.2, 0) is 14.3 Å². The molecule has 2 fully saturated rings. The number of pyridine rings is 1. The summed E-state index contributed by atoms with van der Waals surface area (Å²) < 4.78 is 86.4. The SMILES string of the molecule is COc1c([C@@H]2C[C@](C)(C(F)(F)F)O[C@H]2c2nc3c(C(N)=O)nc(NC(=O)C4CNCO4)cc3[nH]2)ccc(F)c1F. The van der Waals surface area contributed by atoms with E-state index in [1.165, 1.54) is 6.07 Å². The number of benzene rings is 1. The minimum Gasteiger partial charge on any atom is -0.493 e. The number of H-pyrrole nitrogens is 1. The number of aromatic amines is 1. The van der Waals surface area contributed by atoms with E-state index in [0.717, 1.165) is 26.2 Å². The summed E-state index contributed by atoms with van der Waals surface area (Å²) in [6, 6.07) is 3.20. The van der Waals surface area contributed by atoms with Crippen LogP contribution in [0.1, 0.15) is 47.2 Å². The number of anilines is 1. The summed E-state index contributed by atoms with van der Waals surface area (Å²) >= 11 is 0. The fourth-order valence-corrected chi connectivity index (χ4v) is 4.87. The first-order valence-electron chi connectivity index (χ1n) is 11.9. The number of alkyl halides is 3. The summed E-state index contributed by atoms with van der Waals surface area (Å²) in [6.45, 7) is 1.25. The number of fused-ring (bicyclic) bond motifs is 1. The number of primary amides is 1. The Balaban J connectivity index is 1.60. The number of hydrogen-bond donors (Lipinski definition) is 4. The van der Waals surface area contributed by atoms with Crippen molar-refractivity contribution in [3.05, 3.63) is 46.9 Å². The molecule has 0 spiro atoms. The molecule has 4 heterocycles. The van der Waals surface area contributed by atoms with Gasteiger partial charge in [-0.3, -0.25) is 14.9 Å². The summed E-state index contributed by atoms with van der Waals surface area (Å²) in [5.74, 6) is -6.25. The number of nitrogens with zero attached hydrogens (tertiary/aromatic N) is 2. The van der Waals surface area contributed by atoms with Crippen LogP contribution in [0.3, 0.4) is 0 Å². The number of aromatic nitrogens is 3. The van der Waals surface area contributed by atoms with E-state index in [-0.39, 0.29) is 47.2 Å². The average molecular weight is 570 g/mol. The second-order valence-electron chi connectivity index (χ2n) is 9.54. The minimum atomic E-state index is -4.84. The van der Waals surface area contributed by atoms with Crippen LogP contribution in [0, 0.1) is 11.6 Å². The van der Waals surface area contributed by atoms with Crippen molar-refractivity contribution in [1.29, 1.82) is 0 Å². The predicted molar refractivity (Wildman–Crippen MR) is 127 cm³/mol. The van der Waals surface area contributed by atoms with Crippen LogP contribution in [0.5, 0.6) is 5.75 Å². The molecular weight excluding hydrogens is 547 g/mol. The molecule has 3 aromatic rings. The zero-order valence-electron chi connectivity index (χ0n) is 21.0. The number of rotatable bonds is 6. The van der Waals surface area contributed by atoms with E-state index in [2.05, 4.69) is 25.6 Å². The molecule has 2 aromatic heterocycles. The number of methoxy groups -OCH3 is 1. The number of carbonyl (C=O) groups excluding carboxylic acids is 2. The monoisotopic (exact) mass is 570 g/mol. The molecule has 5 N–H and O–H groups in total. The molecule has 2 amide bonds. The van der Waals surface area contributed by atoms with Crippen molar-refractivity contribution in [2.24, 2.45) is 5.73 Å². The van der Waals surface area contributed by atoms with E-state index in [1.54, 1.807) is 0 Å². The Hall–Kier alpha value is -3.89. The molecule has 0 bridgehead atoms. The molecule has 2 saturated heterocycles. The van der Waals surface area contributed by atoms with E-state index >= 15 is 0 Å². The zero-order valence-corrected chi connectivity index (χ0v) is 21.0. The molecule has 0 aliphatic carbocycles. The minimum absolute atomic E-state index is 0.0776. The van der Waals surface area contributed by atoms with Crippen molar-refractivity contribution in [2.45, 2.75) is 43.2 Å². The van der Waals surface area contributed by atoms with E-state index < -0.39 is 65.5 Å². The summed E-state index contributed by atoms with van der Waals surface area (Å²) in [4.78, 5) is 35.8. The van der Waals surface area contributed by atoms with Crippen molar-refractivity contribution < 1.29 is 45.8 Å². The molecule has 0 saturated carbocycles. The Bertz CT molecular complexity index is 1490. The van der Waals surface area contributed by atoms with Crippen molar-refractivity contribution in [2.75, 3.05) is 25.7 Å². The third-order valence-electron chi connectivity index (χ3n) is 6.90. The predicted octanol–water partition coefficient (Wildman–Crippen LogP) is 2.79. The molecule has 214 valence electrons. The highest BCUT2D eigenvalue weighted by Crippen LogP contribution is 2.56. The van der Waals surface area contributed by atoms with Gasteiger partial charge in [-0.2, -0.15) is 17.6 Å². The third kappa shape index (κ3) is 4.71. The normalized spacial score (nSPS) is 24.9. The molecule has 5 rings (SSSR count). The largest absolute Gasteiger partial charge is 0.493 e. The molecule has 16 heteroatoms. The quantitative estimate of drug-likeness (QED) is 0.330. The van der Waals surface area contributed by atoms with Gasteiger partial charge >= 0.3 is 6.18 Å². The number of halogens is 5. The van der Waals surface area contributed by atoms with Crippen LogP contribution >= 0.6 is 0 Å². The topological polar surface area (TPSA) is 153 Å². The molecule has 0 radical (unpaired) electrons. The van der Waals surface area contributed by atoms with Crippen LogP contribution in [-0.4, -0.2) is 65.0 Å². The van der Waals surface area contributed by atoms with Gasteiger partial charge in [-0.05, 0) is 19.4 Å². The molecule has 4 atom stereocenters. The Morgan fingerprint density at radius 2 is 2.00 bits per heavy atom. The lowest BCUT2D eigenvalue weighted by Crippen LogP contribution is -2.41. The lowest BCUT2D eigenvalue weighted by atomic mass is 9.86. The summed E-state index contributed by atoms with van der Waals surface area (Å²) in [6.07, 6.45) is -7.82. The Morgan fingerprint density at radius 3 is 2.62 bits per heavy atom. The second-order valence-corrected chi connectivity index (χ2v) is 9.54. The van der Waals surface area contributed by atoms with Gasteiger partial charge in [-0.15, -0.1) is 0 Å². The van der Waals surface area contributed by atoms with Gasteiger partial charge in [0.25, 0.3) is 11.8 Å². The van der Waals surface area contributed by atoms with Gasteiger partial charge in [0.05, 0.1) is 19.4 Å². The van der Waals surface area contributed by atoms with Crippen LogP contribution in [0.15, 0.2) is 18.2 Å². The maximum Gasteiger partial charge on any atom is 0.417 e. The number of carbonyl (C=O) groups is 2. The molecule has 1 unspecified atom stereocenters. The Labute approximate surface area is 222 Å². The second kappa shape index (κ2) is 9.94. The van der Waals surface area contributed by atoms with Crippen LogP contribution < -0.4 is 21.1 Å². The van der Waals surface area contributed by atoms with E-state index in [9.17, 15) is 31.5 Å². The van der Waals surface area contributed by atoms with Crippen molar-refractivity contribution in [1.82, 2.24) is 20.3 Å². The lowest BCUT2D eigenvalue weighted by molar-refractivity contribution is -0.265. The van der Waals surface area contributed by atoms with Crippen molar-refractivity contribution in [3.63, 3.8) is 0 Å². The average Bonchev–Trinajstić information content (AvgIpc) is 3.63. The number of hydrogen-bond acceptors (Lipinski definition) is 8. The molecule has 1 aromatic carbocycles. The van der Waals surface area contributed by atoms with Gasteiger partial charge in [0, 0.05) is 24.1 Å². The Morgan fingerprint density at radius 1 is 1.25 bits per heavy atom. The molecule has 2 aliphatic rings. The van der Waals surface area contributed by atoms with E-state index in [1.807, 2.05) is 0 Å². The van der Waals surface area contributed by atoms with Gasteiger partial charge < -0.3 is 30.2 Å². The van der Waals surface area contributed by atoms with E-state index in [4.69, 9.17) is 19.9 Å². The summed E-state index contributed by atoms with van der Waals surface area (Å²) in [7, 11) is 1.06. The number of nitrogens with one attached hydrogen (secondary N) is 3. The van der Waals surface area contributed by atoms with Crippen molar-refractivity contribution in [3.8, 4) is 5.75 Å². The van der Waals surface area contributed by atoms with Gasteiger partial charge in [-0.1, -0.05) is 6.07 Å². The molecule has 11 nitrogen and oxygen atoms in total. The maximum absolute atomic E-state index is 14.5. The standard InChI is InChI=1S/C24H23F5N6O5/c1-23(24(27,28)29)6-10(9-3-4-11(25)15(26)18(9)38-2)19(40-23)21-32-12-5-14(33-17(20(30)36)16(12)35-21)34-22(37)13-7-31-8-39-13/h3-5,10,13,19,31H,6-8H2,1-2H3,(H2,30,36)(H,32,35)(H,33,34,37)/t10-,13?,19+,23+/m0/s1. The number of amides is 2. The first kappa shape index (κ1) is 27.7. The maximum atomic E-state index is 14.5. The van der Waals surface area contributed by atoms with Gasteiger partial charge in [0.15, 0.2) is 29.0 Å². The molecule has 2 aliphatic heterocycles. The summed E-state index contributed by atoms with van der Waals surface area (Å²) in [5, 5.41) is 5.34. The van der Waals surface area contributed by atoms with Gasteiger partial charge in [0.1, 0.15) is 23.3 Å². The number of imidazole rings is 1. The van der Waals surface area contributed by atoms with E-state index in [0.29, 0.717) is 0 Å². The first-order valence-corrected chi connectivity index (χ1v) is 11.9. The highest BCUT2D eigenvalue weighted by atomic mass is 19.4. The smallest absolute Gasteiger partial charge is 0.417 e. The fourth-order valence-electron chi connectivity index (χ4n) is 4.87.